The SMILES string of the molecule is O=C(CCc1nc2sc3c(c2c(=O)[nH]1)CCC3)NC(c1ccc2c(c1)CCCC2)c1cccs1. The summed E-state index contributed by atoms with van der Waals surface area (Å²) in [5.41, 5.74) is 5.11. The number of carbonyl (C=O) groups is 1. The first-order valence-electron chi connectivity index (χ1n) is 12.1. The summed E-state index contributed by atoms with van der Waals surface area (Å²) in [6, 6.07) is 10.6. The maximum atomic E-state index is 13.0. The fourth-order valence-electron chi connectivity index (χ4n) is 5.34. The molecule has 1 amide bonds. The molecule has 2 N–H and O–H groups in total. The zero-order valence-corrected chi connectivity index (χ0v) is 20.6. The molecule has 1 aromatic carbocycles. The van der Waals surface area contributed by atoms with E-state index in [1.54, 1.807) is 22.7 Å². The van der Waals surface area contributed by atoms with Gasteiger partial charge < -0.3 is 10.3 Å². The molecule has 1 atom stereocenters. The molecule has 3 heterocycles. The smallest absolute Gasteiger partial charge is 0.259 e. The number of nitrogens with one attached hydrogen (secondary N) is 2. The van der Waals surface area contributed by atoms with Crippen molar-refractivity contribution in [2.45, 2.75) is 63.8 Å². The molecule has 34 heavy (non-hydrogen) atoms. The van der Waals surface area contributed by atoms with Crippen LogP contribution < -0.4 is 10.9 Å². The van der Waals surface area contributed by atoms with E-state index < -0.39 is 0 Å². The van der Waals surface area contributed by atoms with Crippen LogP contribution in [0, 0.1) is 0 Å². The fourth-order valence-corrected chi connectivity index (χ4v) is 7.42. The van der Waals surface area contributed by atoms with Gasteiger partial charge in [-0.05, 0) is 78.6 Å². The van der Waals surface area contributed by atoms with Gasteiger partial charge in [-0.1, -0.05) is 24.3 Å². The van der Waals surface area contributed by atoms with Gasteiger partial charge in [0.25, 0.3) is 5.56 Å². The quantitative estimate of drug-likeness (QED) is 0.388. The molecule has 7 heteroatoms. The van der Waals surface area contributed by atoms with Gasteiger partial charge in [-0.15, -0.1) is 22.7 Å². The molecule has 174 valence electrons. The van der Waals surface area contributed by atoms with Crippen molar-refractivity contribution >= 4 is 38.8 Å². The van der Waals surface area contributed by atoms with Gasteiger partial charge in [0.15, 0.2) is 0 Å². The highest BCUT2D eigenvalue weighted by Gasteiger charge is 2.22. The number of aryl methyl sites for hydroxylation is 5. The van der Waals surface area contributed by atoms with E-state index in [1.165, 1.54) is 34.4 Å². The van der Waals surface area contributed by atoms with Crippen LogP contribution in [0.25, 0.3) is 10.2 Å². The van der Waals surface area contributed by atoms with E-state index in [2.05, 4.69) is 39.9 Å². The lowest BCUT2D eigenvalue weighted by Gasteiger charge is -2.22. The first-order chi connectivity index (χ1) is 16.7. The number of amides is 1. The predicted molar refractivity (Wildman–Crippen MR) is 138 cm³/mol. The molecule has 3 aromatic heterocycles. The van der Waals surface area contributed by atoms with E-state index in [4.69, 9.17) is 4.98 Å². The maximum Gasteiger partial charge on any atom is 0.259 e. The highest BCUT2D eigenvalue weighted by Crippen LogP contribution is 2.34. The van der Waals surface area contributed by atoms with Crippen molar-refractivity contribution in [3.63, 3.8) is 0 Å². The van der Waals surface area contributed by atoms with Gasteiger partial charge in [-0.2, -0.15) is 0 Å². The van der Waals surface area contributed by atoms with Crippen molar-refractivity contribution in [2.24, 2.45) is 0 Å². The molecule has 0 saturated heterocycles. The van der Waals surface area contributed by atoms with Crippen molar-refractivity contribution < 1.29 is 4.79 Å². The van der Waals surface area contributed by atoms with E-state index in [1.807, 2.05) is 6.07 Å². The first-order valence-corrected chi connectivity index (χ1v) is 13.8. The molecule has 6 rings (SSSR count). The van der Waals surface area contributed by atoms with Gasteiger partial charge in [0.2, 0.25) is 5.91 Å². The number of aromatic amines is 1. The molecule has 5 nitrogen and oxygen atoms in total. The summed E-state index contributed by atoms with van der Waals surface area (Å²) >= 11 is 3.30. The minimum absolute atomic E-state index is 0.0347. The van der Waals surface area contributed by atoms with Gasteiger partial charge in [-0.25, -0.2) is 4.98 Å². The van der Waals surface area contributed by atoms with Crippen LogP contribution in [0.4, 0.5) is 0 Å². The number of hydrogen-bond donors (Lipinski definition) is 2. The lowest BCUT2D eigenvalue weighted by atomic mass is 9.89. The van der Waals surface area contributed by atoms with E-state index in [0.717, 1.165) is 52.8 Å². The number of H-pyrrole nitrogens is 1. The Morgan fingerprint density at radius 3 is 2.82 bits per heavy atom. The summed E-state index contributed by atoms with van der Waals surface area (Å²) in [6.45, 7) is 0. The summed E-state index contributed by atoms with van der Waals surface area (Å²) in [7, 11) is 0. The monoisotopic (exact) mass is 489 g/mol. The second kappa shape index (κ2) is 9.12. The van der Waals surface area contributed by atoms with Gasteiger partial charge >= 0.3 is 0 Å². The number of carbonyl (C=O) groups excluding carboxylic acids is 1. The molecule has 0 radical (unpaired) electrons. The Balaban J connectivity index is 1.19. The molecule has 0 bridgehead atoms. The Labute approximate surface area is 206 Å². The Hall–Kier alpha value is -2.77. The normalized spacial score (nSPS) is 15.8. The maximum absolute atomic E-state index is 13.0. The summed E-state index contributed by atoms with van der Waals surface area (Å²) in [5.74, 6) is 0.557. The van der Waals surface area contributed by atoms with E-state index in [9.17, 15) is 9.59 Å². The van der Waals surface area contributed by atoms with Crippen LogP contribution in [-0.4, -0.2) is 15.9 Å². The molecule has 2 aliphatic carbocycles. The van der Waals surface area contributed by atoms with Crippen LogP contribution in [0.15, 0.2) is 40.5 Å². The largest absolute Gasteiger partial charge is 0.344 e. The van der Waals surface area contributed by atoms with Gasteiger partial charge in [0.1, 0.15) is 10.7 Å². The Morgan fingerprint density at radius 1 is 1.09 bits per heavy atom. The number of benzene rings is 1. The molecule has 0 aliphatic heterocycles. The number of rotatable bonds is 6. The van der Waals surface area contributed by atoms with Crippen LogP contribution >= 0.6 is 22.7 Å². The summed E-state index contributed by atoms with van der Waals surface area (Å²) in [5, 5.41) is 6.06. The van der Waals surface area contributed by atoms with E-state index in [-0.39, 0.29) is 23.9 Å². The predicted octanol–water partition coefficient (Wildman–Crippen LogP) is 5.25. The topological polar surface area (TPSA) is 74.8 Å². The summed E-state index contributed by atoms with van der Waals surface area (Å²) in [4.78, 5) is 36.6. The molecular formula is C27H27N3O2S2. The zero-order valence-electron chi connectivity index (χ0n) is 19.0. The number of nitrogens with zero attached hydrogens (tertiary/aromatic N) is 1. The first kappa shape index (κ1) is 21.7. The molecular weight excluding hydrogens is 462 g/mol. The van der Waals surface area contributed by atoms with E-state index in [0.29, 0.717) is 12.2 Å². The van der Waals surface area contributed by atoms with Crippen molar-refractivity contribution in [1.82, 2.24) is 15.3 Å². The Morgan fingerprint density at radius 2 is 1.97 bits per heavy atom. The van der Waals surface area contributed by atoms with Crippen molar-refractivity contribution in [3.05, 3.63) is 83.9 Å². The lowest BCUT2D eigenvalue weighted by molar-refractivity contribution is -0.121. The fraction of sp³-hybridized carbons (Fsp3) is 0.370. The third kappa shape index (κ3) is 4.12. The van der Waals surface area contributed by atoms with E-state index >= 15 is 0 Å². The van der Waals surface area contributed by atoms with Gasteiger partial charge in [0, 0.05) is 22.6 Å². The third-order valence-corrected chi connectivity index (χ3v) is 9.17. The average Bonchev–Trinajstić information content (AvgIpc) is 3.59. The number of fused-ring (bicyclic) bond motifs is 4. The van der Waals surface area contributed by atoms with Crippen LogP contribution in [0.2, 0.25) is 0 Å². The third-order valence-electron chi connectivity index (χ3n) is 7.05. The molecule has 4 aromatic rings. The van der Waals surface area contributed by atoms with Crippen LogP contribution in [-0.2, 0) is 36.9 Å². The Bertz CT molecular complexity index is 1420. The van der Waals surface area contributed by atoms with Crippen LogP contribution in [0.5, 0.6) is 0 Å². The minimum Gasteiger partial charge on any atom is -0.344 e. The van der Waals surface area contributed by atoms with Crippen LogP contribution in [0.3, 0.4) is 0 Å². The van der Waals surface area contributed by atoms with Crippen molar-refractivity contribution in [2.75, 3.05) is 0 Å². The molecule has 0 spiro atoms. The molecule has 2 aliphatic rings. The minimum atomic E-state index is -0.158. The molecule has 1 unspecified atom stereocenters. The number of aromatic nitrogens is 2. The zero-order chi connectivity index (χ0) is 23.1. The Kier molecular flexibility index (Phi) is 5.83. The second-order valence-corrected chi connectivity index (χ2v) is 11.4. The second-order valence-electron chi connectivity index (χ2n) is 9.30. The van der Waals surface area contributed by atoms with Crippen molar-refractivity contribution in [1.29, 1.82) is 0 Å². The standard InChI is InChI=1S/C27H27N3O2S2/c31-23(13-12-22-28-26(32)24-19-7-3-8-20(19)34-27(24)29-22)30-25(21-9-4-14-33-21)18-11-10-16-5-1-2-6-17(16)15-18/h4,9-11,14-15,25H,1-3,5-8,12-13H2,(H,30,31)(H,28,29,32). The average molecular weight is 490 g/mol. The van der Waals surface area contributed by atoms with Gasteiger partial charge in [0.05, 0.1) is 11.4 Å². The van der Waals surface area contributed by atoms with Crippen LogP contribution in [0.1, 0.15) is 69.6 Å². The van der Waals surface area contributed by atoms with Crippen molar-refractivity contribution in [3.8, 4) is 0 Å². The highest BCUT2D eigenvalue weighted by atomic mass is 32.1. The summed E-state index contributed by atoms with van der Waals surface area (Å²) in [6.07, 6.45) is 8.58. The number of thiophene rings is 2. The molecule has 0 fully saturated rings. The highest BCUT2D eigenvalue weighted by molar-refractivity contribution is 7.18. The molecule has 0 saturated carbocycles. The summed E-state index contributed by atoms with van der Waals surface area (Å²) < 4.78 is 0. The van der Waals surface area contributed by atoms with Gasteiger partial charge in [-0.3, -0.25) is 9.59 Å². The lowest BCUT2D eigenvalue weighted by Crippen LogP contribution is -2.29. The number of hydrogen-bond acceptors (Lipinski definition) is 5.